The monoisotopic (exact) mass is 240 g/mol. The normalized spacial score (nSPS) is 11.0. The summed E-state index contributed by atoms with van der Waals surface area (Å²) in [5, 5.41) is 13.7. The van der Waals surface area contributed by atoms with Gasteiger partial charge in [0.05, 0.1) is 12.0 Å². The fourth-order valence-corrected chi connectivity index (χ4v) is 1.46. The first-order valence-electron chi connectivity index (χ1n) is 4.46. The van der Waals surface area contributed by atoms with Crippen LogP contribution in [0.25, 0.3) is 0 Å². The molecule has 0 aliphatic carbocycles. The first-order chi connectivity index (χ1) is 7.65. The predicted molar refractivity (Wildman–Crippen MR) is 65.2 cm³/mol. The van der Waals surface area contributed by atoms with Gasteiger partial charge in [0, 0.05) is 5.69 Å². The summed E-state index contributed by atoms with van der Waals surface area (Å²) < 4.78 is 5.01. The average Bonchev–Trinajstić information content (AvgIpc) is 2.28. The van der Waals surface area contributed by atoms with Gasteiger partial charge < -0.3 is 10.1 Å². The zero-order chi connectivity index (χ0) is 12.0. The smallest absolute Gasteiger partial charge is 0.264 e. The van der Waals surface area contributed by atoms with E-state index in [1.165, 1.54) is 11.8 Å². The summed E-state index contributed by atoms with van der Waals surface area (Å²) in [4.78, 5) is 9.83. The Hall–Kier alpha value is -1.69. The standard InChI is InChI=1S/C10H12N2O3S/c1-15-9-5-3-8(4-6-9)11-10(16-2)7-12(13)14/h3-7,11H,1-2H3/b10-7-. The molecule has 5 nitrogen and oxygen atoms in total. The molecular formula is C10H12N2O3S. The van der Waals surface area contributed by atoms with Crippen LogP contribution in [0.5, 0.6) is 5.75 Å². The van der Waals surface area contributed by atoms with E-state index >= 15 is 0 Å². The quantitative estimate of drug-likeness (QED) is 0.633. The van der Waals surface area contributed by atoms with Gasteiger partial charge in [0.1, 0.15) is 10.8 Å². The Bertz CT molecular complexity index is 390. The van der Waals surface area contributed by atoms with Crippen LogP contribution in [0.15, 0.2) is 35.5 Å². The van der Waals surface area contributed by atoms with E-state index in [0.29, 0.717) is 5.03 Å². The molecule has 0 aliphatic rings. The minimum absolute atomic E-state index is 0.482. The molecule has 6 heteroatoms. The summed E-state index contributed by atoms with van der Waals surface area (Å²) in [6.45, 7) is 0. The molecule has 0 fully saturated rings. The van der Waals surface area contributed by atoms with Gasteiger partial charge in [-0.1, -0.05) is 0 Å². The molecule has 0 radical (unpaired) electrons. The minimum Gasteiger partial charge on any atom is -0.497 e. The number of anilines is 1. The maximum absolute atomic E-state index is 10.3. The minimum atomic E-state index is -0.484. The SMILES string of the molecule is COc1ccc(N/C(=C/[N+](=O)[O-])SC)cc1. The lowest BCUT2D eigenvalue weighted by Crippen LogP contribution is -1.98. The van der Waals surface area contributed by atoms with Gasteiger partial charge in [-0.25, -0.2) is 0 Å². The van der Waals surface area contributed by atoms with E-state index in [-0.39, 0.29) is 0 Å². The molecule has 0 amide bonds. The molecule has 86 valence electrons. The number of rotatable bonds is 5. The van der Waals surface area contributed by atoms with Crippen LogP contribution < -0.4 is 10.1 Å². The Kier molecular flexibility index (Phi) is 4.65. The van der Waals surface area contributed by atoms with Crippen LogP contribution in [0.3, 0.4) is 0 Å². The number of methoxy groups -OCH3 is 1. The fraction of sp³-hybridized carbons (Fsp3) is 0.200. The van der Waals surface area contributed by atoms with Gasteiger partial charge in [0.15, 0.2) is 0 Å². The highest BCUT2D eigenvalue weighted by Crippen LogP contribution is 2.19. The van der Waals surface area contributed by atoms with E-state index in [0.717, 1.165) is 17.6 Å². The molecule has 0 unspecified atom stereocenters. The number of nitro groups is 1. The number of hydrogen-bond acceptors (Lipinski definition) is 5. The van der Waals surface area contributed by atoms with Crippen LogP contribution in [0.4, 0.5) is 5.69 Å². The van der Waals surface area contributed by atoms with Crippen molar-refractivity contribution in [2.24, 2.45) is 0 Å². The summed E-state index contributed by atoms with van der Waals surface area (Å²) in [6.07, 6.45) is 2.71. The lowest BCUT2D eigenvalue weighted by molar-refractivity contribution is -0.402. The van der Waals surface area contributed by atoms with E-state index in [2.05, 4.69) is 5.32 Å². The van der Waals surface area contributed by atoms with Gasteiger partial charge in [-0.15, -0.1) is 11.8 Å². The summed E-state index contributed by atoms with van der Waals surface area (Å²) in [7, 11) is 1.59. The van der Waals surface area contributed by atoms with Crippen molar-refractivity contribution in [1.82, 2.24) is 0 Å². The van der Waals surface area contributed by atoms with Crippen molar-refractivity contribution in [3.8, 4) is 5.75 Å². The molecule has 0 atom stereocenters. The molecule has 0 heterocycles. The molecule has 0 aliphatic heterocycles. The van der Waals surface area contributed by atoms with Crippen LogP contribution in [0.2, 0.25) is 0 Å². The number of benzene rings is 1. The third-order valence-electron chi connectivity index (χ3n) is 1.80. The van der Waals surface area contributed by atoms with Crippen LogP contribution in [-0.2, 0) is 0 Å². The van der Waals surface area contributed by atoms with Gasteiger partial charge >= 0.3 is 0 Å². The molecule has 1 aromatic carbocycles. The van der Waals surface area contributed by atoms with E-state index in [4.69, 9.17) is 4.74 Å². The highest BCUT2D eigenvalue weighted by molar-refractivity contribution is 8.02. The Balaban J connectivity index is 2.74. The molecule has 1 N–H and O–H groups in total. The van der Waals surface area contributed by atoms with E-state index in [1.807, 2.05) is 0 Å². The van der Waals surface area contributed by atoms with Crippen molar-refractivity contribution < 1.29 is 9.66 Å². The van der Waals surface area contributed by atoms with Gasteiger partial charge in [0.2, 0.25) is 0 Å². The summed E-state index contributed by atoms with van der Waals surface area (Å²) >= 11 is 1.28. The second kappa shape index (κ2) is 6.02. The van der Waals surface area contributed by atoms with Crippen molar-refractivity contribution >= 4 is 17.4 Å². The van der Waals surface area contributed by atoms with Crippen molar-refractivity contribution in [2.75, 3.05) is 18.7 Å². The van der Waals surface area contributed by atoms with Gasteiger partial charge in [-0.3, -0.25) is 10.1 Å². The second-order valence-electron chi connectivity index (χ2n) is 2.84. The number of thioether (sulfide) groups is 1. The van der Waals surface area contributed by atoms with Gasteiger partial charge in [-0.05, 0) is 30.5 Å². The number of nitrogens with zero attached hydrogens (tertiary/aromatic N) is 1. The molecule has 1 rings (SSSR count). The van der Waals surface area contributed by atoms with Crippen LogP contribution in [-0.4, -0.2) is 18.3 Å². The summed E-state index contributed by atoms with van der Waals surface area (Å²) in [6, 6.07) is 7.16. The van der Waals surface area contributed by atoms with Crippen molar-refractivity contribution in [2.45, 2.75) is 0 Å². The van der Waals surface area contributed by atoms with E-state index in [9.17, 15) is 10.1 Å². The maximum Gasteiger partial charge on any atom is 0.264 e. The van der Waals surface area contributed by atoms with E-state index < -0.39 is 4.92 Å². The molecule has 1 aromatic rings. The topological polar surface area (TPSA) is 64.4 Å². The first kappa shape index (κ1) is 12.4. The maximum atomic E-state index is 10.3. The molecule has 0 saturated heterocycles. The van der Waals surface area contributed by atoms with Crippen molar-refractivity contribution in [1.29, 1.82) is 0 Å². The molecule has 0 saturated carbocycles. The van der Waals surface area contributed by atoms with Gasteiger partial charge in [0.25, 0.3) is 6.20 Å². The Labute approximate surface area is 97.6 Å². The lowest BCUT2D eigenvalue weighted by Gasteiger charge is -2.06. The average molecular weight is 240 g/mol. The molecule has 16 heavy (non-hydrogen) atoms. The lowest BCUT2D eigenvalue weighted by atomic mass is 10.3. The van der Waals surface area contributed by atoms with Crippen LogP contribution in [0, 0.1) is 10.1 Å². The summed E-state index contributed by atoms with van der Waals surface area (Å²) in [5.74, 6) is 0.745. The highest BCUT2D eigenvalue weighted by atomic mass is 32.2. The van der Waals surface area contributed by atoms with Crippen molar-refractivity contribution in [3.63, 3.8) is 0 Å². The zero-order valence-corrected chi connectivity index (χ0v) is 9.78. The van der Waals surface area contributed by atoms with Crippen LogP contribution in [0.1, 0.15) is 0 Å². The summed E-state index contributed by atoms with van der Waals surface area (Å²) in [5.41, 5.74) is 0.781. The number of nitrogens with one attached hydrogen (secondary N) is 1. The van der Waals surface area contributed by atoms with Crippen LogP contribution >= 0.6 is 11.8 Å². The Morgan fingerprint density at radius 3 is 2.56 bits per heavy atom. The number of hydrogen-bond donors (Lipinski definition) is 1. The Morgan fingerprint density at radius 2 is 2.12 bits per heavy atom. The third kappa shape index (κ3) is 3.82. The fourth-order valence-electron chi connectivity index (χ4n) is 1.05. The van der Waals surface area contributed by atoms with Gasteiger partial charge in [-0.2, -0.15) is 0 Å². The molecular weight excluding hydrogens is 228 g/mol. The highest BCUT2D eigenvalue weighted by Gasteiger charge is 2.02. The number of ether oxygens (including phenoxy) is 1. The third-order valence-corrected chi connectivity index (χ3v) is 2.45. The predicted octanol–water partition coefficient (Wildman–Crippen LogP) is 2.55. The molecule has 0 spiro atoms. The molecule has 0 aromatic heterocycles. The molecule has 0 bridgehead atoms. The van der Waals surface area contributed by atoms with Crippen molar-refractivity contribution in [3.05, 3.63) is 45.6 Å². The zero-order valence-electron chi connectivity index (χ0n) is 8.97. The van der Waals surface area contributed by atoms with E-state index in [1.54, 1.807) is 37.6 Å². The largest absolute Gasteiger partial charge is 0.497 e. The first-order valence-corrected chi connectivity index (χ1v) is 5.68. The Morgan fingerprint density at radius 1 is 1.50 bits per heavy atom. The second-order valence-corrected chi connectivity index (χ2v) is 3.68.